The summed E-state index contributed by atoms with van der Waals surface area (Å²) in [6, 6.07) is 2.08. The maximum atomic E-state index is 5.42. The number of nitrogens with zero attached hydrogens (tertiary/aromatic N) is 2. The van der Waals surface area contributed by atoms with Crippen molar-refractivity contribution in [2.75, 3.05) is 7.11 Å². The molecule has 0 atom stereocenters. The minimum absolute atomic E-state index is 0.933. The van der Waals surface area contributed by atoms with Crippen molar-refractivity contribution in [3.05, 3.63) is 33.2 Å². The highest BCUT2D eigenvalue weighted by atomic mass is 79.9. The number of methoxy groups -OCH3 is 1. The van der Waals surface area contributed by atoms with Gasteiger partial charge in [0.25, 0.3) is 0 Å². The van der Waals surface area contributed by atoms with Crippen LogP contribution < -0.4 is 4.74 Å². The highest BCUT2D eigenvalue weighted by Crippen LogP contribution is 2.37. The van der Waals surface area contributed by atoms with Crippen molar-refractivity contribution in [1.29, 1.82) is 0 Å². The molecule has 19 heavy (non-hydrogen) atoms. The number of rotatable bonds is 2. The van der Waals surface area contributed by atoms with Crippen LogP contribution in [0.4, 0.5) is 0 Å². The van der Waals surface area contributed by atoms with Crippen molar-refractivity contribution in [2.45, 2.75) is 27.7 Å². The summed E-state index contributed by atoms with van der Waals surface area (Å²) in [5, 5.41) is 0. The second-order valence-electron chi connectivity index (χ2n) is 4.88. The van der Waals surface area contributed by atoms with Crippen LogP contribution in [0.15, 0.2) is 10.7 Å². The van der Waals surface area contributed by atoms with Gasteiger partial charge in [-0.15, -0.1) is 0 Å². The van der Waals surface area contributed by atoms with Crippen molar-refractivity contribution in [3.8, 4) is 17.0 Å². The average Bonchev–Trinajstić information content (AvgIpc) is 2.62. The van der Waals surface area contributed by atoms with Gasteiger partial charge in [-0.2, -0.15) is 0 Å². The number of aromatic nitrogens is 2. The number of hydrogen-bond donors (Lipinski definition) is 0. The summed E-state index contributed by atoms with van der Waals surface area (Å²) in [5.41, 5.74) is 5.75. The molecule has 1 aromatic carbocycles. The first kappa shape index (κ1) is 14.1. The Morgan fingerprint density at radius 3 is 2.26 bits per heavy atom. The van der Waals surface area contributed by atoms with Crippen LogP contribution in [0.3, 0.4) is 0 Å². The Balaban J connectivity index is 2.76. The fourth-order valence-electron chi connectivity index (χ4n) is 2.36. The predicted molar refractivity (Wildman–Crippen MR) is 81.8 cm³/mol. The van der Waals surface area contributed by atoms with E-state index in [1.165, 1.54) is 22.3 Å². The molecule has 0 aliphatic heterocycles. The van der Waals surface area contributed by atoms with E-state index in [1.807, 2.05) is 18.5 Å². The van der Waals surface area contributed by atoms with Crippen LogP contribution in [0.2, 0.25) is 0 Å². The van der Waals surface area contributed by atoms with E-state index < -0.39 is 0 Å². The molecule has 0 amide bonds. The normalized spacial score (nSPS) is 10.9. The molecule has 0 saturated heterocycles. The maximum Gasteiger partial charge on any atom is 0.122 e. The molecule has 1 heterocycles. The molecule has 0 radical (unpaired) electrons. The molecule has 0 N–H and O–H groups in total. The third kappa shape index (κ3) is 2.18. The lowest BCUT2D eigenvalue weighted by atomic mass is 9.95. The lowest BCUT2D eigenvalue weighted by molar-refractivity contribution is 0.411. The van der Waals surface area contributed by atoms with Crippen LogP contribution >= 0.6 is 15.9 Å². The molecule has 0 bridgehead atoms. The summed E-state index contributed by atoms with van der Waals surface area (Å²) in [6.45, 7) is 8.31. The minimum Gasteiger partial charge on any atom is -0.496 e. The first-order valence-electron chi connectivity index (χ1n) is 6.22. The number of aryl methyl sites for hydroxylation is 2. The zero-order valence-electron chi connectivity index (χ0n) is 12.3. The molecule has 1 aromatic heterocycles. The smallest absolute Gasteiger partial charge is 0.122 e. The van der Waals surface area contributed by atoms with Crippen molar-refractivity contribution < 1.29 is 4.74 Å². The Labute approximate surface area is 122 Å². The van der Waals surface area contributed by atoms with E-state index >= 15 is 0 Å². The van der Waals surface area contributed by atoms with Crippen LogP contribution in [-0.2, 0) is 7.05 Å². The van der Waals surface area contributed by atoms with Gasteiger partial charge in [0.15, 0.2) is 0 Å². The summed E-state index contributed by atoms with van der Waals surface area (Å²) < 4.78 is 8.48. The summed E-state index contributed by atoms with van der Waals surface area (Å²) in [6.07, 6.45) is 0. The standard InChI is InChI=1S/C15H19BrN2O/c1-8-7-12(19-6)9(2)10(3)13(8)14-15(16)18(5)11(4)17-14/h7H,1-6H3. The van der Waals surface area contributed by atoms with E-state index in [0.717, 1.165) is 21.9 Å². The topological polar surface area (TPSA) is 27.1 Å². The van der Waals surface area contributed by atoms with Crippen LogP contribution in [-0.4, -0.2) is 16.7 Å². The number of ether oxygens (including phenoxy) is 1. The van der Waals surface area contributed by atoms with Gasteiger partial charge in [-0.1, -0.05) is 0 Å². The molecule has 102 valence electrons. The zero-order valence-corrected chi connectivity index (χ0v) is 13.8. The van der Waals surface area contributed by atoms with Gasteiger partial charge in [0, 0.05) is 12.6 Å². The fraction of sp³-hybridized carbons (Fsp3) is 0.400. The number of hydrogen-bond acceptors (Lipinski definition) is 2. The van der Waals surface area contributed by atoms with Crippen molar-refractivity contribution in [3.63, 3.8) is 0 Å². The van der Waals surface area contributed by atoms with Crippen molar-refractivity contribution >= 4 is 15.9 Å². The van der Waals surface area contributed by atoms with E-state index in [0.29, 0.717) is 0 Å². The SMILES string of the molecule is COc1cc(C)c(-c2nc(C)n(C)c2Br)c(C)c1C. The largest absolute Gasteiger partial charge is 0.496 e. The molecule has 0 fully saturated rings. The lowest BCUT2D eigenvalue weighted by Crippen LogP contribution is -1.97. The number of imidazole rings is 1. The Kier molecular flexibility index (Phi) is 3.72. The van der Waals surface area contributed by atoms with Crippen molar-refractivity contribution in [1.82, 2.24) is 9.55 Å². The molecule has 4 heteroatoms. The molecule has 0 aliphatic carbocycles. The molecule has 3 nitrogen and oxygen atoms in total. The van der Waals surface area contributed by atoms with E-state index in [2.05, 4.69) is 47.8 Å². The minimum atomic E-state index is 0.933. The number of halogens is 1. The van der Waals surface area contributed by atoms with Crippen LogP contribution in [0.1, 0.15) is 22.5 Å². The van der Waals surface area contributed by atoms with E-state index in [1.54, 1.807) is 7.11 Å². The molecule has 2 aromatic rings. The fourth-order valence-corrected chi connectivity index (χ4v) is 2.91. The Bertz CT molecular complexity index is 644. The lowest BCUT2D eigenvalue weighted by Gasteiger charge is -2.15. The summed E-state index contributed by atoms with van der Waals surface area (Å²) in [7, 11) is 3.72. The van der Waals surface area contributed by atoms with Gasteiger partial charge in [0.1, 0.15) is 21.9 Å². The molecule has 0 unspecified atom stereocenters. The number of benzene rings is 1. The van der Waals surface area contributed by atoms with Gasteiger partial charge in [0.05, 0.1) is 7.11 Å². The third-order valence-electron chi connectivity index (χ3n) is 3.75. The quantitative estimate of drug-likeness (QED) is 0.832. The molecular weight excluding hydrogens is 304 g/mol. The van der Waals surface area contributed by atoms with E-state index in [4.69, 9.17) is 4.74 Å². The zero-order chi connectivity index (χ0) is 14.3. The first-order valence-corrected chi connectivity index (χ1v) is 7.01. The first-order chi connectivity index (χ1) is 8.88. The second-order valence-corrected chi connectivity index (χ2v) is 5.63. The van der Waals surface area contributed by atoms with Gasteiger partial charge in [-0.25, -0.2) is 4.98 Å². The van der Waals surface area contributed by atoms with Crippen molar-refractivity contribution in [2.24, 2.45) is 7.05 Å². The van der Waals surface area contributed by atoms with Crippen LogP contribution in [0, 0.1) is 27.7 Å². The third-order valence-corrected chi connectivity index (χ3v) is 4.66. The predicted octanol–water partition coefficient (Wildman–Crippen LogP) is 4.09. The molecule has 0 spiro atoms. The monoisotopic (exact) mass is 322 g/mol. The molecule has 2 rings (SSSR count). The average molecular weight is 323 g/mol. The van der Waals surface area contributed by atoms with E-state index in [-0.39, 0.29) is 0 Å². The second kappa shape index (κ2) is 5.00. The summed E-state index contributed by atoms with van der Waals surface area (Å²) in [4.78, 5) is 4.67. The van der Waals surface area contributed by atoms with Gasteiger partial charge in [-0.05, 0) is 66.4 Å². The van der Waals surface area contributed by atoms with Gasteiger partial charge >= 0.3 is 0 Å². The molecular formula is C15H19BrN2O. The highest BCUT2D eigenvalue weighted by Gasteiger charge is 2.18. The Morgan fingerprint density at radius 1 is 1.16 bits per heavy atom. The maximum absolute atomic E-state index is 5.42. The highest BCUT2D eigenvalue weighted by molar-refractivity contribution is 9.10. The Morgan fingerprint density at radius 2 is 1.79 bits per heavy atom. The summed E-state index contributed by atoms with van der Waals surface area (Å²) >= 11 is 3.64. The van der Waals surface area contributed by atoms with Gasteiger partial charge < -0.3 is 9.30 Å². The van der Waals surface area contributed by atoms with Crippen LogP contribution in [0.25, 0.3) is 11.3 Å². The van der Waals surface area contributed by atoms with Crippen LogP contribution in [0.5, 0.6) is 5.75 Å². The molecule has 0 aliphatic rings. The Hall–Kier alpha value is -1.29. The molecule has 0 saturated carbocycles. The van der Waals surface area contributed by atoms with Gasteiger partial charge in [-0.3, -0.25) is 0 Å². The van der Waals surface area contributed by atoms with Gasteiger partial charge in [0.2, 0.25) is 0 Å². The van der Waals surface area contributed by atoms with E-state index in [9.17, 15) is 0 Å². The summed E-state index contributed by atoms with van der Waals surface area (Å²) in [5.74, 6) is 1.93.